The van der Waals surface area contributed by atoms with E-state index in [0.29, 0.717) is 18.1 Å². The Morgan fingerprint density at radius 3 is 2.62 bits per heavy atom. The second-order valence-corrected chi connectivity index (χ2v) is 4.52. The highest BCUT2D eigenvalue weighted by Crippen LogP contribution is 2.28. The highest BCUT2D eigenvalue weighted by atomic mass is 16.4. The molecule has 0 amide bonds. The Hall–Kier alpha value is -1.28. The molecule has 2 heteroatoms. The summed E-state index contributed by atoms with van der Waals surface area (Å²) in [6.45, 7) is 6.28. The molecule has 2 rings (SSSR count). The minimum Gasteiger partial charge on any atom is -0.458 e. The van der Waals surface area contributed by atoms with Gasteiger partial charge in [0.05, 0.1) is 0 Å². The molecule has 0 saturated heterocycles. The van der Waals surface area contributed by atoms with Crippen molar-refractivity contribution in [2.45, 2.75) is 39.2 Å². The third-order valence-corrected chi connectivity index (χ3v) is 2.94. The van der Waals surface area contributed by atoms with Crippen molar-refractivity contribution < 1.29 is 9.52 Å². The zero-order valence-electron chi connectivity index (χ0n) is 10.0. The van der Waals surface area contributed by atoms with E-state index < -0.39 is 6.10 Å². The van der Waals surface area contributed by atoms with Crippen LogP contribution in [0.4, 0.5) is 0 Å². The van der Waals surface area contributed by atoms with E-state index in [0.717, 1.165) is 11.0 Å². The molecule has 2 aromatic rings. The number of hydrogen-bond acceptors (Lipinski definition) is 2. The van der Waals surface area contributed by atoms with Crippen LogP contribution in [0.25, 0.3) is 11.0 Å². The number of hydrogen-bond donors (Lipinski definition) is 1. The Bertz CT molecular complexity index is 482. The molecule has 1 aromatic carbocycles. The Labute approximate surface area is 95.9 Å². The van der Waals surface area contributed by atoms with Crippen LogP contribution in [0.2, 0.25) is 0 Å². The van der Waals surface area contributed by atoms with E-state index >= 15 is 0 Å². The number of aliphatic hydroxyl groups is 1. The lowest BCUT2D eigenvalue weighted by Crippen LogP contribution is -1.90. The maximum Gasteiger partial charge on any atom is 0.134 e. The highest BCUT2D eigenvalue weighted by Gasteiger charge is 2.11. The van der Waals surface area contributed by atoms with E-state index in [1.165, 1.54) is 5.56 Å². The number of rotatable bonds is 3. The van der Waals surface area contributed by atoms with Crippen LogP contribution in [-0.2, 0) is 0 Å². The van der Waals surface area contributed by atoms with Gasteiger partial charge in [-0.15, -0.1) is 0 Å². The molecule has 16 heavy (non-hydrogen) atoms. The topological polar surface area (TPSA) is 33.4 Å². The van der Waals surface area contributed by atoms with Crippen molar-refractivity contribution in [3.8, 4) is 0 Å². The first-order valence-corrected chi connectivity index (χ1v) is 5.83. The van der Waals surface area contributed by atoms with Crippen LogP contribution in [0.3, 0.4) is 0 Å². The highest BCUT2D eigenvalue weighted by molar-refractivity contribution is 5.79. The summed E-state index contributed by atoms with van der Waals surface area (Å²) in [5, 5.41) is 10.8. The van der Waals surface area contributed by atoms with Crippen molar-refractivity contribution in [1.29, 1.82) is 0 Å². The maximum absolute atomic E-state index is 9.72. The Kier molecular flexibility index (Phi) is 3.01. The molecule has 0 aliphatic rings. The van der Waals surface area contributed by atoms with E-state index in [4.69, 9.17) is 4.42 Å². The first kappa shape index (κ1) is 11.2. The number of furan rings is 1. The van der Waals surface area contributed by atoms with Crippen LogP contribution in [0.5, 0.6) is 0 Å². The predicted octanol–water partition coefficient (Wildman–Crippen LogP) is 4.00. The van der Waals surface area contributed by atoms with E-state index in [1.54, 1.807) is 0 Å². The molecule has 1 N–H and O–H groups in total. The van der Waals surface area contributed by atoms with Crippen LogP contribution in [0.15, 0.2) is 28.7 Å². The fourth-order valence-corrected chi connectivity index (χ4v) is 1.81. The summed E-state index contributed by atoms with van der Waals surface area (Å²) in [5.41, 5.74) is 2.15. The lowest BCUT2D eigenvalue weighted by molar-refractivity contribution is 0.148. The molecule has 0 radical (unpaired) electrons. The summed E-state index contributed by atoms with van der Waals surface area (Å²) in [6.07, 6.45) is 0.187. The standard InChI is InChI=1S/C14H18O2/c1-4-12(15)14-8-11-7-10(9(2)3)5-6-13(11)16-14/h5-9,12,15H,4H2,1-3H3. The molecule has 0 spiro atoms. The summed E-state index contributed by atoms with van der Waals surface area (Å²) in [5.74, 6) is 1.18. The van der Waals surface area contributed by atoms with Crippen molar-refractivity contribution in [3.63, 3.8) is 0 Å². The van der Waals surface area contributed by atoms with E-state index in [9.17, 15) is 5.11 Å². The third-order valence-electron chi connectivity index (χ3n) is 2.94. The van der Waals surface area contributed by atoms with Gasteiger partial charge < -0.3 is 9.52 Å². The fourth-order valence-electron chi connectivity index (χ4n) is 1.81. The van der Waals surface area contributed by atoms with Crippen LogP contribution in [0, 0.1) is 0 Å². The SMILES string of the molecule is CCC(O)c1cc2cc(C(C)C)ccc2o1. The number of fused-ring (bicyclic) bond motifs is 1. The average Bonchev–Trinajstić information content (AvgIpc) is 2.70. The van der Waals surface area contributed by atoms with Crippen LogP contribution in [0.1, 0.15) is 50.5 Å². The summed E-state index contributed by atoms with van der Waals surface area (Å²) < 4.78 is 5.61. The normalized spacial score (nSPS) is 13.6. The second kappa shape index (κ2) is 4.30. The smallest absolute Gasteiger partial charge is 0.134 e. The molecule has 0 bridgehead atoms. The van der Waals surface area contributed by atoms with Gasteiger partial charge in [0.25, 0.3) is 0 Å². The van der Waals surface area contributed by atoms with Gasteiger partial charge in [-0.1, -0.05) is 26.8 Å². The van der Waals surface area contributed by atoms with E-state index in [-0.39, 0.29) is 0 Å². The summed E-state index contributed by atoms with van der Waals surface area (Å²) >= 11 is 0. The first-order chi connectivity index (χ1) is 7.61. The molecule has 1 aromatic heterocycles. The lowest BCUT2D eigenvalue weighted by atomic mass is 10.0. The van der Waals surface area contributed by atoms with Crippen molar-refractivity contribution in [1.82, 2.24) is 0 Å². The van der Waals surface area contributed by atoms with E-state index in [1.807, 2.05) is 19.1 Å². The van der Waals surface area contributed by atoms with E-state index in [2.05, 4.69) is 26.0 Å². The largest absolute Gasteiger partial charge is 0.458 e. The molecule has 0 aliphatic heterocycles. The molecule has 0 saturated carbocycles. The van der Waals surface area contributed by atoms with Gasteiger partial charge in [-0.2, -0.15) is 0 Å². The van der Waals surface area contributed by atoms with Gasteiger partial charge in [-0.3, -0.25) is 0 Å². The summed E-state index contributed by atoms with van der Waals surface area (Å²) in [6, 6.07) is 8.14. The Morgan fingerprint density at radius 1 is 1.25 bits per heavy atom. The molecular weight excluding hydrogens is 200 g/mol. The molecule has 1 unspecified atom stereocenters. The van der Waals surface area contributed by atoms with Crippen LogP contribution >= 0.6 is 0 Å². The van der Waals surface area contributed by atoms with Crippen molar-refractivity contribution >= 4 is 11.0 Å². The minimum absolute atomic E-state index is 0.491. The molecule has 1 atom stereocenters. The zero-order valence-corrected chi connectivity index (χ0v) is 10.0. The predicted molar refractivity (Wildman–Crippen MR) is 65.6 cm³/mol. The van der Waals surface area contributed by atoms with Gasteiger partial charge in [0.15, 0.2) is 0 Å². The monoisotopic (exact) mass is 218 g/mol. The lowest BCUT2D eigenvalue weighted by Gasteiger charge is -2.03. The van der Waals surface area contributed by atoms with Gasteiger partial charge in [0.1, 0.15) is 17.4 Å². The number of benzene rings is 1. The quantitative estimate of drug-likeness (QED) is 0.844. The fraction of sp³-hybridized carbons (Fsp3) is 0.429. The van der Waals surface area contributed by atoms with Gasteiger partial charge in [-0.05, 0) is 36.1 Å². The zero-order chi connectivity index (χ0) is 11.7. The number of aliphatic hydroxyl groups excluding tert-OH is 1. The molecule has 0 fully saturated rings. The van der Waals surface area contributed by atoms with Gasteiger partial charge >= 0.3 is 0 Å². The average molecular weight is 218 g/mol. The van der Waals surface area contributed by atoms with Gasteiger partial charge in [0, 0.05) is 5.39 Å². The summed E-state index contributed by atoms with van der Waals surface area (Å²) in [7, 11) is 0. The molecule has 1 heterocycles. The molecule has 86 valence electrons. The third kappa shape index (κ3) is 1.98. The Morgan fingerprint density at radius 2 is 2.00 bits per heavy atom. The molecule has 2 nitrogen and oxygen atoms in total. The van der Waals surface area contributed by atoms with Crippen molar-refractivity contribution in [3.05, 3.63) is 35.6 Å². The second-order valence-electron chi connectivity index (χ2n) is 4.52. The molecular formula is C14H18O2. The van der Waals surface area contributed by atoms with Gasteiger partial charge in [0.2, 0.25) is 0 Å². The van der Waals surface area contributed by atoms with Crippen LogP contribution in [-0.4, -0.2) is 5.11 Å². The summed E-state index contributed by atoms with van der Waals surface area (Å²) in [4.78, 5) is 0. The molecule has 0 aliphatic carbocycles. The van der Waals surface area contributed by atoms with Crippen molar-refractivity contribution in [2.75, 3.05) is 0 Å². The van der Waals surface area contributed by atoms with Crippen molar-refractivity contribution in [2.24, 2.45) is 0 Å². The Balaban J connectivity index is 2.46. The van der Waals surface area contributed by atoms with Gasteiger partial charge in [-0.25, -0.2) is 0 Å². The van der Waals surface area contributed by atoms with Crippen LogP contribution < -0.4 is 0 Å². The first-order valence-electron chi connectivity index (χ1n) is 5.83. The maximum atomic E-state index is 9.72. The minimum atomic E-state index is -0.491.